The Morgan fingerprint density at radius 2 is 1.76 bits per heavy atom. The van der Waals surface area contributed by atoms with Gasteiger partial charge < -0.3 is 9.64 Å². The van der Waals surface area contributed by atoms with E-state index in [1.165, 1.54) is 11.1 Å². The van der Waals surface area contributed by atoms with Crippen LogP contribution in [0.3, 0.4) is 0 Å². The average molecular weight is 438 g/mol. The molecule has 0 aliphatic carbocycles. The van der Waals surface area contributed by atoms with Crippen molar-refractivity contribution in [1.82, 2.24) is 5.43 Å². The lowest BCUT2D eigenvalue weighted by Crippen LogP contribution is -2.35. The molecule has 0 bridgehead atoms. The Morgan fingerprint density at radius 1 is 1.03 bits per heavy atom. The van der Waals surface area contributed by atoms with Crippen molar-refractivity contribution >= 4 is 29.3 Å². The van der Waals surface area contributed by atoms with E-state index in [2.05, 4.69) is 11.5 Å². The standard InChI is InChI=1S/C26H22N4O3/c1-29(2)22-13-12-18(24(15-22)33-17-20-9-7-6-8-19(20)16-27)14-23-25(31)28-30(26(23)32)21-10-4-3-5-11-21/h3-15H,17H2,1-2H3,(H,28,31)/b23-14-. The second kappa shape index (κ2) is 9.28. The third-order valence-electron chi connectivity index (χ3n) is 5.24. The normalized spacial score (nSPS) is 14.2. The summed E-state index contributed by atoms with van der Waals surface area (Å²) in [6.45, 7) is 0.174. The van der Waals surface area contributed by atoms with E-state index < -0.39 is 11.8 Å². The summed E-state index contributed by atoms with van der Waals surface area (Å²) in [5.41, 5.74) is 5.96. The number of nitriles is 1. The van der Waals surface area contributed by atoms with E-state index in [0.717, 1.165) is 11.3 Å². The van der Waals surface area contributed by atoms with Gasteiger partial charge in [-0.25, -0.2) is 5.01 Å². The monoisotopic (exact) mass is 438 g/mol. The minimum absolute atomic E-state index is 0.0127. The number of carbonyl (C=O) groups is 2. The molecule has 2 amide bonds. The highest BCUT2D eigenvalue weighted by molar-refractivity contribution is 6.31. The molecule has 164 valence electrons. The summed E-state index contributed by atoms with van der Waals surface area (Å²) >= 11 is 0. The Kier molecular flexibility index (Phi) is 6.09. The summed E-state index contributed by atoms with van der Waals surface area (Å²) < 4.78 is 6.07. The van der Waals surface area contributed by atoms with Crippen molar-refractivity contribution in [3.05, 3.63) is 95.1 Å². The van der Waals surface area contributed by atoms with Crippen molar-refractivity contribution in [2.24, 2.45) is 0 Å². The zero-order valence-corrected chi connectivity index (χ0v) is 18.3. The van der Waals surface area contributed by atoms with Gasteiger partial charge in [0.05, 0.1) is 17.3 Å². The van der Waals surface area contributed by atoms with Gasteiger partial charge >= 0.3 is 0 Å². The van der Waals surface area contributed by atoms with Crippen LogP contribution in [0.1, 0.15) is 16.7 Å². The van der Waals surface area contributed by atoms with E-state index >= 15 is 0 Å². The average Bonchev–Trinajstić information content (AvgIpc) is 3.12. The molecule has 1 N–H and O–H groups in total. The minimum atomic E-state index is -0.485. The number of nitrogens with one attached hydrogen (secondary N) is 1. The molecule has 0 spiro atoms. The maximum Gasteiger partial charge on any atom is 0.282 e. The van der Waals surface area contributed by atoms with Crippen LogP contribution in [0.4, 0.5) is 11.4 Å². The Balaban J connectivity index is 1.67. The lowest BCUT2D eigenvalue weighted by atomic mass is 10.1. The maximum absolute atomic E-state index is 13.0. The fraction of sp³-hybridized carbons (Fsp3) is 0.115. The SMILES string of the molecule is CN(C)c1ccc(/C=C2/C(=O)NN(c3ccccc3)C2=O)c(OCc2ccccc2C#N)c1. The molecule has 3 aromatic carbocycles. The molecular weight excluding hydrogens is 416 g/mol. The summed E-state index contributed by atoms with van der Waals surface area (Å²) in [4.78, 5) is 27.5. The predicted molar refractivity (Wildman–Crippen MR) is 126 cm³/mol. The molecule has 1 fully saturated rings. The van der Waals surface area contributed by atoms with Gasteiger partial charge in [0, 0.05) is 37.0 Å². The molecule has 0 saturated carbocycles. The van der Waals surface area contributed by atoms with Crippen molar-refractivity contribution in [2.45, 2.75) is 6.61 Å². The lowest BCUT2D eigenvalue weighted by Gasteiger charge is -2.17. The number of hydrazine groups is 1. The fourth-order valence-electron chi connectivity index (χ4n) is 3.43. The molecule has 3 aromatic rings. The number of amides is 2. The number of carbonyl (C=O) groups excluding carboxylic acids is 2. The molecule has 33 heavy (non-hydrogen) atoms. The molecule has 4 rings (SSSR count). The van der Waals surface area contributed by atoms with Crippen LogP contribution in [-0.2, 0) is 16.2 Å². The molecule has 1 aliphatic heterocycles. The lowest BCUT2D eigenvalue weighted by molar-refractivity contribution is -0.117. The number of anilines is 2. The fourth-order valence-corrected chi connectivity index (χ4v) is 3.43. The summed E-state index contributed by atoms with van der Waals surface area (Å²) in [5, 5.41) is 10.6. The first kappa shape index (κ1) is 21.7. The van der Waals surface area contributed by atoms with Gasteiger partial charge in [-0.05, 0) is 36.4 Å². The summed E-state index contributed by atoms with van der Waals surface area (Å²) in [5.74, 6) is -0.426. The largest absolute Gasteiger partial charge is 0.488 e. The minimum Gasteiger partial charge on any atom is -0.488 e. The number of benzene rings is 3. The van der Waals surface area contributed by atoms with Crippen LogP contribution >= 0.6 is 0 Å². The number of hydrogen-bond acceptors (Lipinski definition) is 5. The van der Waals surface area contributed by atoms with E-state index in [0.29, 0.717) is 22.6 Å². The quantitative estimate of drug-likeness (QED) is 0.469. The van der Waals surface area contributed by atoms with Crippen LogP contribution in [0.25, 0.3) is 6.08 Å². The highest BCUT2D eigenvalue weighted by Gasteiger charge is 2.34. The van der Waals surface area contributed by atoms with Gasteiger partial charge in [0.1, 0.15) is 17.9 Å². The van der Waals surface area contributed by atoms with Crippen molar-refractivity contribution in [3.8, 4) is 11.8 Å². The zero-order chi connectivity index (χ0) is 23.4. The molecular formula is C26H22N4O3. The molecule has 0 aromatic heterocycles. The number of ether oxygens (including phenoxy) is 1. The van der Waals surface area contributed by atoms with Crippen molar-refractivity contribution in [2.75, 3.05) is 24.0 Å². The van der Waals surface area contributed by atoms with E-state index in [4.69, 9.17) is 4.74 Å². The third kappa shape index (κ3) is 4.55. The molecule has 7 heteroatoms. The van der Waals surface area contributed by atoms with Gasteiger partial charge in [-0.15, -0.1) is 0 Å². The second-order valence-electron chi connectivity index (χ2n) is 7.65. The highest BCUT2D eigenvalue weighted by Crippen LogP contribution is 2.30. The first-order valence-corrected chi connectivity index (χ1v) is 10.3. The van der Waals surface area contributed by atoms with Crippen LogP contribution in [0.2, 0.25) is 0 Å². The highest BCUT2D eigenvalue weighted by atomic mass is 16.5. The smallest absolute Gasteiger partial charge is 0.282 e. The molecule has 0 radical (unpaired) electrons. The summed E-state index contributed by atoms with van der Waals surface area (Å²) in [6, 6.07) is 23.8. The van der Waals surface area contributed by atoms with Gasteiger partial charge in [0.15, 0.2) is 0 Å². The summed E-state index contributed by atoms with van der Waals surface area (Å²) in [6.07, 6.45) is 1.53. The van der Waals surface area contributed by atoms with Crippen LogP contribution in [0, 0.1) is 11.3 Å². The molecule has 0 atom stereocenters. The molecule has 7 nitrogen and oxygen atoms in total. The van der Waals surface area contributed by atoms with E-state index in [9.17, 15) is 14.9 Å². The van der Waals surface area contributed by atoms with Crippen LogP contribution in [0.5, 0.6) is 5.75 Å². The van der Waals surface area contributed by atoms with Crippen LogP contribution < -0.4 is 20.1 Å². The number of rotatable bonds is 6. The maximum atomic E-state index is 13.0. The molecule has 1 heterocycles. The van der Waals surface area contributed by atoms with Crippen molar-refractivity contribution in [1.29, 1.82) is 5.26 Å². The van der Waals surface area contributed by atoms with Gasteiger partial charge in [-0.3, -0.25) is 15.0 Å². The van der Waals surface area contributed by atoms with Crippen LogP contribution in [0.15, 0.2) is 78.4 Å². The topological polar surface area (TPSA) is 85.7 Å². The molecule has 1 saturated heterocycles. The zero-order valence-electron chi connectivity index (χ0n) is 18.3. The van der Waals surface area contributed by atoms with E-state index in [-0.39, 0.29) is 12.2 Å². The Bertz CT molecular complexity index is 1280. The first-order valence-electron chi connectivity index (χ1n) is 10.3. The number of hydrogen-bond donors (Lipinski definition) is 1. The Labute approximate surface area is 192 Å². The van der Waals surface area contributed by atoms with Crippen molar-refractivity contribution in [3.63, 3.8) is 0 Å². The van der Waals surface area contributed by atoms with Crippen LogP contribution in [-0.4, -0.2) is 25.9 Å². The van der Waals surface area contributed by atoms with E-state index in [1.54, 1.807) is 42.5 Å². The summed E-state index contributed by atoms with van der Waals surface area (Å²) in [7, 11) is 3.82. The van der Waals surface area contributed by atoms with E-state index in [1.807, 2.05) is 49.3 Å². The van der Waals surface area contributed by atoms with Crippen molar-refractivity contribution < 1.29 is 14.3 Å². The Hall–Kier alpha value is -4.57. The third-order valence-corrected chi connectivity index (χ3v) is 5.24. The first-order chi connectivity index (χ1) is 16.0. The predicted octanol–water partition coefficient (Wildman–Crippen LogP) is 3.66. The van der Waals surface area contributed by atoms with Gasteiger partial charge in [0.2, 0.25) is 0 Å². The van der Waals surface area contributed by atoms with Gasteiger partial charge in [0.25, 0.3) is 11.8 Å². The number of para-hydroxylation sites is 1. The molecule has 1 aliphatic rings. The second-order valence-corrected chi connectivity index (χ2v) is 7.65. The molecule has 0 unspecified atom stereocenters. The van der Waals surface area contributed by atoms with Gasteiger partial charge in [-0.2, -0.15) is 5.26 Å². The Morgan fingerprint density at radius 3 is 2.48 bits per heavy atom. The number of nitrogens with zero attached hydrogens (tertiary/aromatic N) is 3. The van der Waals surface area contributed by atoms with Gasteiger partial charge in [-0.1, -0.05) is 36.4 Å².